The molecule has 6 nitrogen and oxygen atoms in total. The highest BCUT2D eigenvalue weighted by Crippen LogP contribution is 2.16. The summed E-state index contributed by atoms with van der Waals surface area (Å²) in [7, 11) is 2.13. The predicted octanol–water partition coefficient (Wildman–Crippen LogP) is 0.699. The fourth-order valence-corrected chi connectivity index (χ4v) is 2.51. The van der Waals surface area contributed by atoms with Gasteiger partial charge in [-0.25, -0.2) is 14.8 Å². The van der Waals surface area contributed by atoms with E-state index in [1.165, 1.54) is 12.5 Å². The molecular formula is C13H20N4O2. The summed E-state index contributed by atoms with van der Waals surface area (Å²) < 4.78 is 0. The average molecular weight is 264 g/mol. The Hall–Kier alpha value is -1.53. The maximum Gasteiger partial charge on any atom is 0.339 e. The molecule has 0 aromatic carbocycles. The molecule has 1 saturated heterocycles. The Kier molecular flexibility index (Phi) is 4.11. The first kappa shape index (κ1) is 13.9. The van der Waals surface area contributed by atoms with Gasteiger partial charge >= 0.3 is 5.97 Å². The van der Waals surface area contributed by atoms with Gasteiger partial charge in [0.25, 0.3) is 0 Å². The van der Waals surface area contributed by atoms with Crippen molar-refractivity contribution in [2.75, 3.05) is 20.1 Å². The first-order valence-electron chi connectivity index (χ1n) is 6.45. The predicted molar refractivity (Wildman–Crippen MR) is 71.0 cm³/mol. The van der Waals surface area contributed by atoms with Crippen LogP contribution in [0, 0.1) is 0 Å². The third-order valence-electron chi connectivity index (χ3n) is 3.83. The van der Waals surface area contributed by atoms with Gasteiger partial charge in [-0.15, -0.1) is 0 Å². The largest absolute Gasteiger partial charge is 0.478 e. The lowest BCUT2D eigenvalue weighted by molar-refractivity contribution is 0.0540. The number of carboxylic acids is 1. The van der Waals surface area contributed by atoms with Crippen molar-refractivity contribution in [1.82, 2.24) is 19.8 Å². The zero-order valence-electron chi connectivity index (χ0n) is 11.6. The SMILES string of the molecule is CC1CN(Cc2ncncc2C(=O)O)CC(C)N1C. The standard InChI is InChI=1S/C13H20N4O2/c1-9-5-17(6-10(2)16(9)3)7-12-11(13(18)19)4-14-8-15-12/h4,8-10H,5-7H2,1-3H3,(H,18,19). The van der Waals surface area contributed by atoms with Gasteiger partial charge in [0.15, 0.2) is 0 Å². The second-order valence-electron chi connectivity index (χ2n) is 5.25. The number of hydrogen-bond donors (Lipinski definition) is 1. The van der Waals surface area contributed by atoms with Crippen LogP contribution >= 0.6 is 0 Å². The van der Waals surface area contributed by atoms with Gasteiger partial charge in [0.05, 0.1) is 5.69 Å². The molecule has 0 spiro atoms. The molecular weight excluding hydrogens is 244 g/mol. The highest BCUT2D eigenvalue weighted by Gasteiger charge is 2.27. The topological polar surface area (TPSA) is 69.6 Å². The van der Waals surface area contributed by atoms with E-state index in [1.54, 1.807) is 0 Å². The summed E-state index contributed by atoms with van der Waals surface area (Å²) in [5.74, 6) is -0.967. The van der Waals surface area contributed by atoms with E-state index in [1.807, 2.05) is 0 Å². The molecule has 0 saturated carbocycles. The van der Waals surface area contributed by atoms with Crippen LogP contribution in [0.4, 0.5) is 0 Å². The normalized spacial score (nSPS) is 25.4. The number of nitrogens with zero attached hydrogens (tertiary/aromatic N) is 4. The molecule has 104 valence electrons. The Morgan fingerprint density at radius 3 is 2.63 bits per heavy atom. The van der Waals surface area contributed by atoms with Gasteiger partial charge in [-0.1, -0.05) is 0 Å². The zero-order chi connectivity index (χ0) is 14.0. The molecule has 19 heavy (non-hydrogen) atoms. The Morgan fingerprint density at radius 1 is 1.42 bits per heavy atom. The summed E-state index contributed by atoms with van der Waals surface area (Å²) in [4.78, 5) is 23.6. The molecule has 0 radical (unpaired) electrons. The molecule has 1 aliphatic rings. The smallest absolute Gasteiger partial charge is 0.339 e. The number of hydrogen-bond acceptors (Lipinski definition) is 5. The van der Waals surface area contributed by atoms with Crippen molar-refractivity contribution in [3.63, 3.8) is 0 Å². The van der Waals surface area contributed by atoms with Gasteiger partial charge < -0.3 is 5.11 Å². The average Bonchev–Trinajstić information content (AvgIpc) is 2.36. The van der Waals surface area contributed by atoms with Crippen LogP contribution in [-0.2, 0) is 6.54 Å². The summed E-state index contributed by atoms with van der Waals surface area (Å²) in [6, 6.07) is 0.915. The van der Waals surface area contributed by atoms with E-state index >= 15 is 0 Å². The number of piperazine rings is 1. The molecule has 2 unspecified atom stereocenters. The first-order chi connectivity index (χ1) is 8.99. The number of aromatic carboxylic acids is 1. The molecule has 0 aliphatic carbocycles. The van der Waals surface area contributed by atoms with E-state index < -0.39 is 5.97 Å². The summed E-state index contributed by atoms with van der Waals surface area (Å²) in [5.41, 5.74) is 0.785. The Morgan fingerprint density at radius 2 is 2.05 bits per heavy atom. The first-order valence-corrected chi connectivity index (χ1v) is 6.45. The summed E-state index contributed by atoms with van der Waals surface area (Å²) in [6.45, 7) is 6.77. The Labute approximate surface area is 113 Å². The van der Waals surface area contributed by atoms with Crippen molar-refractivity contribution in [3.8, 4) is 0 Å². The highest BCUT2D eigenvalue weighted by atomic mass is 16.4. The minimum absolute atomic E-state index is 0.196. The van der Waals surface area contributed by atoms with Crippen LogP contribution in [0.3, 0.4) is 0 Å². The molecule has 0 bridgehead atoms. The molecule has 6 heteroatoms. The van der Waals surface area contributed by atoms with Crippen LogP contribution < -0.4 is 0 Å². The van der Waals surface area contributed by atoms with E-state index in [-0.39, 0.29) is 5.56 Å². The number of carboxylic acid groups (broad SMARTS) is 1. The van der Waals surface area contributed by atoms with Gasteiger partial charge in [-0.05, 0) is 20.9 Å². The zero-order valence-corrected chi connectivity index (χ0v) is 11.6. The van der Waals surface area contributed by atoms with Crippen LogP contribution in [0.1, 0.15) is 29.9 Å². The third-order valence-corrected chi connectivity index (χ3v) is 3.83. The summed E-state index contributed by atoms with van der Waals surface area (Å²) in [6.07, 6.45) is 2.78. The van der Waals surface area contributed by atoms with Crippen molar-refractivity contribution >= 4 is 5.97 Å². The lowest BCUT2D eigenvalue weighted by Gasteiger charge is -2.42. The molecule has 1 N–H and O–H groups in total. The second kappa shape index (κ2) is 5.63. The maximum absolute atomic E-state index is 11.1. The lowest BCUT2D eigenvalue weighted by atomic mass is 10.1. The van der Waals surface area contributed by atoms with Crippen LogP contribution in [0.2, 0.25) is 0 Å². The molecule has 1 aromatic heterocycles. The fraction of sp³-hybridized carbons (Fsp3) is 0.615. The Bertz CT molecular complexity index is 454. The number of likely N-dealkylation sites (N-methyl/N-ethyl adjacent to an activating group) is 1. The molecule has 1 aromatic rings. The molecule has 2 heterocycles. The van der Waals surface area contributed by atoms with Gasteiger partial charge in [-0.2, -0.15) is 0 Å². The second-order valence-corrected chi connectivity index (χ2v) is 5.25. The third kappa shape index (κ3) is 3.08. The quantitative estimate of drug-likeness (QED) is 0.866. The van der Waals surface area contributed by atoms with Gasteiger partial charge in [0.2, 0.25) is 0 Å². The lowest BCUT2D eigenvalue weighted by Crippen LogP contribution is -2.54. The minimum atomic E-state index is -0.967. The van der Waals surface area contributed by atoms with E-state index in [9.17, 15) is 4.79 Å². The molecule has 1 aliphatic heterocycles. The summed E-state index contributed by atoms with van der Waals surface area (Å²) >= 11 is 0. The molecule has 2 atom stereocenters. The molecule has 0 amide bonds. The number of carbonyl (C=O) groups is 1. The summed E-state index contributed by atoms with van der Waals surface area (Å²) in [5, 5.41) is 9.13. The molecule has 2 rings (SSSR count). The monoisotopic (exact) mass is 264 g/mol. The number of aromatic nitrogens is 2. The minimum Gasteiger partial charge on any atom is -0.478 e. The van der Waals surface area contributed by atoms with Crippen LogP contribution in [-0.4, -0.2) is 63.1 Å². The van der Waals surface area contributed by atoms with Crippen LogP contribution in [0.15, 0.2) is 12.5 Å². The van der Waals surface area contributed by atoms with Crippen molar-refractivity contribution in [2.45, 2.75) is 32.5 Å². The van der Waals surface area contributed by atoms with E-state index in [0.717, 1.165) is 13.1 Å². The van der Waals surface area contributed by atoms with Crippen LogP contribution in [0.25, 0.3) is 0 Å². The van der Waals surface area contributed by atoms with Crippen molar-refractivity contribution in [3.05, 3.63) is 23.8 Å². The van der Waals surface area contributed by atoms with Gasteiger partial charge in [0.1, 0.15) is 11.9 Å². The van der Waals surface area contributed by atoms with E-state index in [4.69, 9.17) is 5.11 Å². The maximum atomic E-state index is 11.1. The molecule has 1 fully saturated rings. The van der Waals surface area contributed by atoms with Crippen molar-refractivity contribution in [1.29, 1.82) is 0 Å². The van der Waals surface area contributed by atoms with E-state index in [2.05, 4.69) is 40.7 Å². The highest BCUT2D eigenvalue weighted by molar-refractivity contribution is 5.88. The van der Waals surface area contributed by atoms with Gasteiger partial charge in [-0.3, -0.25) is 9.80 Å². The Balaban J connectivity index is 2.12. The fourth-order valence-electron chi connectivity index (χ4n) is 2.51. The van der Waals surface area contributed by atoms with Gasteiger partial charge in [0, 0.05) is 37.9 Å². The van der Waals surface area contributed by atoms with E-state index in [0.29, 0.717) is 24.3 Å². The van der Waals surface area contributed by atoms with Crippen LogP contribution in [0.5, 0.6) is 0 Å². The number of rotatable bonds is 3. The van der Waals surface area contributed by atoms with Crippen molar-refractivity contribution < 1.29 is 9.90 Å². The van der Waals surface area contributed by atoms with Crippen molar-refractivity contribution in [2.24, 2.45) is 0 Å².